The van der Waals surface area contributed by atoms with Gasteiger partial charge in [-0.25, -0.2) is 4.98 Å². The molecule has 0 bridgehead atoms. The van der Waals surface area contributed by atoms with Crippen molar-refractivity contribution < 1.29 is 0 Å². The van der Waals surface area contributed by atoms with Crippen LogP contribution in [0.15, 0.2) is 18.2 Å². The topological polar surface area (TPSA) is 56.7 Å². The quantitative estimate of drug-likeness (QED) is 0.871. The summed E-state index contributed by atoms with van der Waals surface area (Å²) >= 11 is 0. The normalized spacial score (nSPS) is 10.8. The Kier molecular flexibility index (Phi) is 3.24. The third-order valence-electron chi connectivity index (χ3n) is 2.99. The predicted octanol–water partition coefficient (Wildman–Crippen LogP) is 1.60. The van der Waals surface area contributed by atoms with E-state index < -0.39 is 0 Å². The Morgan fingerprint density at radius 1 is 1.24 bits per heavy atom. The van der Waals surface area contributed by atoms with E-state index in [2.05, 4.69) is 42.1 Å². The lowest BCUT2D eigenvalue weighted by Gasteiger charge is -2.01. The van der Waals surface area contributed by atoms with Gasteiger partial charge in [0.2, 0.25) is 0 Å². The van der Waals surface area contributed by atoms with Crippen molar-refractivity contribution >= 4 is 0 Å². The van der Waals surface area contributed by atoms with Crippen LogP contribution in [0.5, 0.6) is 0 Å². The number of nitrogens with zero attached hydrogens (tertiary/aromatic N) is 3. The molecule has 0 saturated carbocycles. The van der Waals surface area contributed by atoms with Crippen LogP contribution in [0.25, 0.3) is 11.4 Å². The lowest BCUT2D eigenvalue weighted by atomic mass is 10.1. The summed E-state index contributed by atoms with van der Waals surface area (Å²) in [6.45, 7) is 4.80. The predicted molar refractivity (Wildman–Crippen MR) is 68.7 cm³/mol. The molecule has 1 aromatic carbocycles. The van der Waals surface area contributed by atoms with E-state index in [1.165, 1.54) is 11.1 Å². The van der Waals surface area contributed by atoms with E-state index in [4.69, 9.17) is 5.73 Å². The van der Waals surface area contributed by atoms with Crippen molar-refractivity contribution in [3.05, 3.63) is 35.2 Å². The number of nitrogens with two attached hydrogens (primary N) is 1. The number of aromatic nitrogens is 3. The molecule has 0 saturated heterocycles. The van der Waals surface area contributed by atoms with Crippen molar-refractivity contribution in [3.8, 4) is 11.4 Å². The largest absolute Gasteiger partial charge is 0.330 e. The minimum absolute atomic E-state index is 0.596. The van der Waals surface area contributed by atoms with Crippen LogP contribution < -0.4 is 5.73 Å². The first kappa shape index (κ1) is 11.8. The van der Waals surface area contributed by atoms with Gasteiger partial charge >= 0.3 is 0 Å². The van der Waals surface area contributed by atoms with E-state index in [0.717, 1.165) is 23.6 Å². The maximum absolute atomic E-state index is 5.54. The van der Waals surface area contributed by atoms with E-state index in [-0.39, 0.29) is 0 Å². The van der Waals surface area contributed by atoms with Crippen molar-refractivity contribution in [2.24, 2.45) is 12.8 Å². The third kappa shape index (κ3) is 2.36. The van der Waals surface area contributed by atoms with Gasteiger partial charge in [0, 0.05) is 19.0 Å². The van der Waals surface area contributed by atoms with Crippen LogP contribution >= 0.6 is 0 Å². The van der Waals surface area contributed by atoms with Crippen LogP contribution in [0.3, 0.4) is 0 Å². The summed E-state index contributed by atoms with van der Waals surface area (Å²) in [6.07, 6.45) is 0.758. The summed E-state index contributed by atoms with van der Waals surface area (Å²) in [5.41, 5.74) is 9.15. The molecule has 90 valence electrons. The maximum Gasteiger partial charge on any atom is 0.181 e. The fourth-order valence-corrected chi connectivity index (χ4v) is 1.77. The number of rotatable bonds is 3. The van der Waals surface area contributed by atoms with Gasteiger partial charge in [0.05, 0.1) is 0 Å². The Morgan fingerprint density at radius 2 is 2.00 bits per heavy atom. The van der Waals surface area contributed by atoms with Crippen molar-refractivity contribution in [2.45, 2.75) is 20.3 Å². The van der Waals surface area contributed by atoms with Gasteiger partial charge in [-0.15, -0.1) is 0 Å². The molecule has 1 heterocycles. The molecule has 4 nitrogen and oxygen atoms in total. The van der Waals surface area contributed by atoms with Crippen LogP contribution in [0.4, 0.5) is 0 Å². The van der Waals surface area contributed by atoms with Gasteiger partial charge in [0.1, 0.15) is 5.82 Å². The molecule has 2 N–H and O–H groups in total. The molecule has 0 aliphatic heterocycles. The molecular formula is C13H18N4. The molecule has 0 amide bonds. The van der Waals surface area contributed by atoms with Gasteiger partial charge < -0.3 is 5.73 Å². The molecular weight excluding hydrogens is 212 g/mol. The molecule has 0 radical (unpaired) electrons. The van der Waals surface area contributed by atoms with E-state index in [1.807, 2.05) is 7.05 Å². The Balaban J connectivity index is 2.39. The van der Waals surface area contributed by atoms with Gasteiger partial charge in [-0.1, -0.05) is 12.1 Å². The van der Waals surface area contributed by atoms with Gasteiger partial charge in [0.15, 0.2) is 5.82 Å². The second-order valence-electron chi connectivity index (χ2n) is 4.31. The highest BCUT2D eigenvalue weighted by Crippen LogP contribution is 2.19. The van der Waals surface area contributed by atoms with Gasteiger partial charge in [-0.3, -0.25) is 4.68 Å². The summed E-state index contributed by atoms with van der Waals surface area (Å²) in [5, 5.41) is 4.42. The van der Waals surface area contributed by atoms with E-state index in [1.54, 1.807) is 4.68 Å². The highest BCUT2D eigenvalue weighted by atomic mass is 15.3. The molecule has 0 spiro atoms. The van der Waals surface area contributed by atoms with Crippen LogP contribution in [0.1, 0.15) is 17.0 Å². The molecule has 2 rings (SSSR count). The molecule has 0 aliphatic carbocycles. The van der Waals surface area contributed by atoms with Crippen LogP contribution in [0, 0.1) is 13.8 Å². The molecule has 0 atom stereocenters. The lowest BCUT2D eigenvalue weighted by Crippen LogP contribution is -2.08. The Bertz CT molecular complexity index is 528. The molecule has 4 heteroatoms. The fraction of sp³-hybridized carbons (Fsp3) is 0.385. The van der Waals surface area contributed by atoms with Gasteiger partial charge in [0.25, 0.3) is 0 Å². The minimum atomic E-state index is 0.596. The van der Waals surface area contributed by atoms with Crippen LogP contribution in [-0.2, 0) is 13.5 Å². The summed E-state index contributed by atoms with van der Waals surface area (Å²) in [4.78, 5) is 4.51. The highest BCUT2D eigenvalue weighted by molar-refractivity contribution is 5.56. The Hall–Kier alpha value is -1.68. The Labute approximate surface area is 101 Å². The third-order valence-corrected chi connectivity index (χ3v) is 2.99. The Morgan fingerprint density at radius 3 is 2.65 bits per heavy atom. The SMILES string of the molecule is Cc1ccc(-c2nc(CCN)n(C)n2)cc1C. The van der Waals surface area contributed by atoms with Crippen molar-refractivity contribution in [1.82, 2.24) is 14.8 Å². The average Bonchev–Trinajstić information content (AvgIpc) is 2.65. The van der Waals surface area contributed by atoms with E-state index in [9.17, 15) is 0 Å². The molecule has 1 aromatic heterocycles. The summed E-state index contributed by atoms with van der Waals surface area (Å²) in [6, 6.07) is 6.28. The average molecular weight is 230 g/mol. The smallest absolute Gasteiger partial charge is 0.181 e. The zero-order valence-corrected chi connectivity index (χ0v) is 10.6. The molecule has 0 fully saturated rings. The fourth-order valence-electron chi connectivity index (χ4n) is 1.77. The van der Waals surface area contributed by atoms with Crippen molar-refractivity contribution in [1.29, 1.82) is 0 Å². The van der Waals surface area contributed by atoms with Gasteiger partial charge in [-0.2, -0.15) is 5.10 Å². The molecule has 0 unspecified atom stereocenters. The number of hydrogen-bond donors (Lipinski definition) is 1. The van der Waals surface area contributed by atoms with Crippen molar-refractivity contribution in [3.63, 3.8) is 0 Å². The summed E-state index contributed by atoms with van der Waals surface area (Å²) in [5.74, 6) is 1.71. The number of aryl methyl sites for hydroxylation is 3. The molecule has 2 aromatic rings. The second kappa shape index (κ2) is 4.67. The highest BCUT2D eigenvalue weighted by Gasteiger charge is 2.09. The van der Waals surface area contributed by atoms with Gasteiger partial charge in [-0.05, 0) is 37.6 Å². The minimum Gasteiger partial charge on any atom is -0.330 e. The standard InChI is InChI=1S/C13H18N4/c1-9-4-5-11(8-10(9)2)13-15-12(6-7-14)17(3)16-13/h4-5,8H,6-7,14H2,1-3H3. The van der Waals surface area contributed by atoms with Crippen LogP contribution in [-0.4, -0.2) is 21.3 Å². The monoisotopic (exact) mass is 230 g/mol. The maximum atomic E-state index is 5.54. The lowest BCUT2D eigenvalue weighted by molar-refractivity contribution is 0.697. The van der Waals surface area contributed by atoms with Crippen molar-refractivity contribution in [2.75, 3.05) is 6.54 Å². The first-order valence-corrected chi connectivity index (χ1v) is 5.79. The van der Waals surface area contributed by atoms with Crippen LogP contribution in [0.2, 0.25) is 0 Å². The summed E-state index contributed by atoms with van der Waals surface area (Å²) in [7, 11) is 1.91. The zero-order chi connectivity index (χ0) is 12.4. The van der Waals surface area contributed by atoms with E-state index in [0.29, 0.717) is 6.54 Å². The molecule has 17 heavy (non-hydrogen) atoms. The second-order valence-corrected chi connectivity index (χ2v) is 4.31. The number of hydrogen-bond acceptors (Lipinski definition) is 3. The first-order chi connectivity index (χ1) is 8.11. The summed E-state index contributed by atoms with van der Waals surface area (Å²) < 4.78 is 1.80. The first-order valence-electron chi connectivity index (χ1n) is 5.79. The van der Waals surface area contributed by atoms with E-state index >= 15 is 0 Å². The molecule has 0 aliphatic rings. The zero-order valence-electron chi connectivity index (χ0n) is 10.6. The number of benzene rings is 1.